The Morgan fingerprint density at radius 3 is 2.65 bits per heavy atom. The number of nitrogens with zero attached hydrogens (tertiary/aromatic N) is 1. The smallest absolute Gasteiger partial charge is 0.248 e. The zero-order chi connectivity index (χ0) is 12.3. The fourth-order valence-corrected chi connectivity index (χ4v) is 1.37. The standard InChI is InChI=1S/C12H14N4O/c1-12(11(13)17)8-7-10(15-16-12)14-9-5-3-2-4-6-9/h2-8,16H,1H3,(H2,13,17)(H,14,15). The number of carbonyl (C=O) groups is 1. The first-order valence-corrected chi connectivity index (χ1v) is 5.26. The predicted molar refractivity (Wildman–Crippen MR) is 67.4 cm³/mol. The predicted octanol–water partition coefficient (Wildman–Crippen LogP) is 0.815. The van der Waals surface area contributed by atoms with Crippen LogP contribution in [0.3, 0.4) is 0 Å². The Morgan fingerprint density at radius 2 is 2.12 bits per heavy atom. The molecule has 0 bridgehead atoms. The summed E-state index contributed by atoms with van der Waals surface area (Å²) in [6.07, 6.45) is 3.42. The number of anilines is 1. The van der Waals surface area contributed by atoms with E-state index in [9.17, 15) is 4.79 Å². The highest BCUT2D eigenvalue weighted by atomic mass is 16.1. The third-order valence-electron chi connectivity index (χ3n) is 2.54. The number of hydrogen-bond acceptors (Lipinski definition) is 4. The minimum absolute atomic E-state index is 0.462. The van der Waals surface area contributed by atoms with Crippen LogP contribution < -0.4 is 16.5 Å². The van der Waals surface area contributed by atoms with Crippen LogP contribution in [-0.4, -0.2) is 17.3 Å². The van der Waals surface area contributed by atoms with Crippen molar-refractivity contribution >= 4 is 17.4 Å². The van der Waals surface area contributed by atoms with Crippen molar-refractivity contribution in [2.45, 2.75) is 12.5 Å². The number of para-hydroxylation sites is 1. The van der Waals surface area contributed by atoms with Crippen LogP contribution in [0.5, 0.6) is 0 Å². The zero-order valence-corrected chi connectivity index (χ0v) is 9.47. The molecule has 5 heteroatoms. The van der Waals surface area contributed by atoms with Gasteiger partial charge in [0.1, 0.15) is 11.4 Å². The molecule has 1 unspecified atom stereocenters. The molecule has 17 heavy (non-hydrogen) atoms. The highest BCUT2D eigenvalue weighted by Gasteiger charge is 2.29. The Labute approximate surface area is 99.4 Å². The van der Waals surface area contributed by atoms with Gasteiger partial charge in [0.2, 0.25) is 5.91 Å². The number of amides is 1. The first-order valence-electron chi connectivity index (χ1n) is 5.26. The van der Waals surface area contributed by atoms with Crippen LogP contribution in [0.2, 0.25) is 0 Å². The number of benzene rings is 1. The summed E-state index contributed by atoms with van der Waals surface area (Å²) >= 11 is 0. The van der Waals surface area contributed by atoms with E-state index in [0.717, 1.165) is 5.69 Å². The van der Waals surface area contributed by atoms with Gasteiger partial charge in [0.25, 0.3) is 0 Å². The van der Waals surface area contributed by atoms with Crippen molar-refractivity contribution in [1.82, 2.24) is 5.43 Å². The maximum Gasteiger partial charge on any atom is 0.248 e. The average molecular weight is 230 g/mol. The lowest BCUT2D eigenvalue weighted by atomic mass is 10.0. The molecule has 2 rings (SSSR count). The summed E-state index contributed by atoms with van der Waals surface area (Å²) < 4.78 is 0. The van der Waals surface area contributed by atoms with Crippen LogP contribution in [0.15, 0.2) is 47.6 Å². The molecule has 1 aliphatic heterocycles. The van der Waals surface area contributed by atoms with Gasteiger partial charge in [-0.1, -0.05) is 18.2 Å². The van der Waals surface area contributed by atoms with Crippen molar-refractivity contribution in [2.24, 2.45) is 10.8 Å². The van der Waals surface area contributed by atoms with Gasteiger partial charge in [-0.15, -0.1) is 0 Å². The molecule has 1 aliphatic rings. The monoisotopic (exact) mass is 230 g/mol. The van der Waals surface area contributed by atoms with Gasteiger partial charge in [-0.05, 0) is 31.2 Å². The summed E-state index contributed by atoms with van der Waals surface area (Å²) in [4.78, 5) is 11.2. The molecule has 0 saturated heterocycles. The third kappa shape index (κ3) is 2.44. The molecule has 0 aliphatic carbocycles. The van der Waals surface area contributed by atoms with E-state index in [1.807, 2.05) is 30.3 Å². The molecule has 1 amide bonds. The van der Waals surface area contributed by atoms with Gasteiger partial charge in [0.15, 0.2) is 0 Å². The van der Waals surface area contributed by atoms with E-state index < -0.39 is 11.4 Å². The summed E-state index contributed by atoms with van der Waals surface area (Å²) in [5.74, 6) is 0.172. The van der Waals surface area contributed by atoms with E-state index in [1.54, 1.807) is 19.1 Å². The topological polar surface area (TPSA) is 79.5 Å². The van der Waals surface area contributed by atoms with Gasteiger partial charge in [0, 0.05) is 5.69 Å². The van der Waals surface area contributed by atoms with Crippen molar-refractivity contribution in [3.05, 3.63) is 42.5 Å². The Bertz CT molecular complexity index is 481. The fraction of sp³-hybridized carbons (Fsp3) is 0.167. The lowest BCUT2D eigenvalue weighted by Crippen LogP contribution is -2.51. The maximum atomic E-state index is 11.2. The van der Waals surface area contributed by atoms with Crippen LogP contribution >= 0.6 is 0 Å². The number of hydrogen-bond donors (Lipinski definition) is 3. The van der Waals surface area contributed by atoms with E-state index in [2.05, 4.69) is 15.8 Å². The Kier molecular flexibility index (Phi) is 2.82. The highest BCUT2D eigenvalue weighted by Crippen LogP contribution is 2.11. The minimum atomic E-state index is -0.915. The van der Waals surface area contributed by atoms with E-state index in [1.165, 1.54) is 0 Å². The summed E-state index contributed by atoms with van der Waals surface area (Å²) in [5.41, 5.74) is 8.00. The van der Waals surface area contributed by atoms with Gasteiger partial charge in [-0.25, -0.2) is 0 Å². The summed E-state index contributed by atoms with van der Waals surface area (Å²) in [6, 6.07) is 9.65. The van der Waals surface area contributed by atoms with Crippen LogP contribution in [0.25, 0.3) is 0 Å². The van der Waals surface area contributed by atoms with Crippen molar-refractivity contribution < 1.29 is 4.79 Å². The fourth-order valence-electron chi connectivity index (χ4n) is 1.37. The number of carbonyl (C=O) groups excluding carboxylic acids is 1. The lowest BCUT2D eigenvalue weighted by Gasteiger charge is -2.25. The molecule has 1 aromatic rings. The Balaban J connectivity index is 2.06. The number of nitrogens with one attached hydrogen (secondary N) is 2. The number of nitrogens with two attached hydrogens (primary N) is 1. The van der Waals surface area contributed by atoms with Crippen molar-refractivity contribution in [1.29, 1.82) is 0 Å². The molecule has 1 atom stereocenters. The second-order valence-electron chi connectivity index (χ2n) is 4.00. The normalized spacial score (nSPS) is 22.5. The van der Waals surface area contributed by atoms with Gasteiger partial charge in [-0.2, -0.15) is 5.10 Å². The molecular formula is C12H14N4O. The van der Waals surface area contributed by atoms with Crippen LogP contribution in [0.1, 0.15) is 6.92 Å². The van der Waals surface area contributed by atoms with Gasteiger partial charge < -0.3 is 11.1 Å². The quantitative estimate of drug-likeness (QED) is 0.703. The average Bonchev–Trinajstić information content (AvgIpc) is 2.33. The number of rotatable bonds is 2. The Morgan fingerprint density at radius 1 is 1.41 bits per heavy atom. The van der Waals surface area contributed by atoms with Gasteiger partial charge in [-0.3, -0.25) is 10.2 Å². The van der Waals surface area contributed by atoms with Crippen molar-refractivity contribution in [3.63, 3.8) is 0 Å². The van der Waals surface area contributed by atoms with E-state index >= 15 is 0 Å². The highest BCUT2D eigenvalue weighted by molar-refractivity contribution is 6.05. The van der Waals surface area contributed by atoms with Crippen LogP contribution in [0.4, 0.5) is 5.69 Å². The number of amidine groups is 1. The molecule has 1 heterocycles. The maximum absolute atomic E-state index is 11.2. The number of primary amides is 1. The Hall–Kier alpha value is -2.30. The third-order valence-corrected chi connectivity index (χ3v) is 2.54. The molecule has 88 valence electrons. The second kappa shape index (κ2) is 4.29. The van der Waals surface area contributed by atoms with Crippen LogP contribution in [-0.2, 0) is 4.79 Å². The zero-order valence-electron chi connectivity index (χ0n) is 9.47. The number of hydrazone groups is 1. The minimum Gasteiger partial charge on any atom is -0.367 e. The van der Waals surface area contributed by atoms with E-state index in [-0.39, 0.29) is 0 Å². The van der Waals surface area contributed by atoms with Crippen LogP contribution in [0, 0.1) is 0 Å². The molecular weight excluding hydrogens is 216 g/mol. The molecule has 0 spiro atoms. The van der Waals surface area contributed by atoms with Gasteiger partial charge in [0.05, 0.1) is 0 Å². The molecule has 0 fully saturated rings. The first kappa shape index (κ1) is 11.2. The molecule has 5 nitrogen and oxygen atoms in total. The summed E-state index contributed by atoms with van der Waals surface area (Å²) in [6.45, 7) is 1.68. The second-order valence-corrected chi connectivity index (χ2v) is 4.00. The molecule has 0 aromatic heterocycles. The van der Waals surface area contributed by atoms with Crippen molar-refractivity contribution in [3.8, 4) is 0 Å². The molecule has 1 aromatic carbocycles. The SMILES string of the molecule is CC1(C(N)=O)C=CC(Nc2ccccc2)=NN1. The largest absolute Gasteiger partial charge is 0.367 e. The van der Waals surface area contributed by atoms with Gasteiger partial charge >= 0.3 is 0 Å². The molecule has 0 saturated carbocycles. The summed E-state index contributed by atoms with van der Waals surface area (Å²) in [7, 11) is 0. The first-order chi connectivity index (χ1) is 8.10. The van der Waals surface area contributed by atoms with E-state index in [4.69, 9.17) is 5.73 Å². The van der Waals surface area contributed by atoms with Crippen molar-refractivity contribution in [2.75, 3.05) is 5.32 Å². The molecule has 0 radical (unpaired) electrons. The summed E-state index contributed by atoms with van der Waals surface area (Å²) in [5, 5.41) is 7.17. The lowest BCUT2D eigenvalue weighted by molar-refractivity contribution is -0.122. The molecule has 4 N–H and O–H groups in total. The van der Waals surface area contributed by atoms with E-state index in [0.29, 0.717) is 5.84 Å².